The van der Waals surface area contributed by atoms with E-state index in [1.54, 1.807) is 13.0 Å². The van der Waals surface area contributed by atoms with Crippen molar-refractivity contribution in [1.29, 1.82) is 0 Å². The van der Waals surface area contributed by atoms with E-state index in [9.17, 15) is 29.7 Å². The average Bonchev–Trinajstić information content (AvgIpc) is 3.36. The van der Waals surface area contributed by atoms with Crippen molar-refractivity contribution in [1.82, 2.24) is 0 Å². The number of ether oxygens (including phenoxy) is 1. The third-order valence-electron chi connectivity index (χ3n) is 7.58. The molecule has 4 rings (SSSR count). The lowest BCUT2D eigenvalue weighted by Gasteiger charge is -2.60. The quantitative estimate of drug-likeness (QED) is 0.476. The number of aliphatic hydroxyl groups is 3. The van der Waals surface area contributed by atoms with E-state index in [0.717, 1.165) is 0 Å². The van der Waals surface area contributed by atoms with Crippen LogP contribution in [0.2, 0.25) is 0 Å². The van der Waals surface area contributed by atoms with Crippen LogP contribution in [0.4, 0.5) is 0 Å². The van der Waals surface area contributed by atoms with Gasteiger partial charge in [0.2, 0.25) is 0 Å². The smallest absolute Gasteiger partial charge is 0.313 e. The zero-order valence-corrected chi connectivity index (χ0v) is 16.6. The van der Waals surface area contributed by atoms with Gasteiger partial charge in [0.25, 0.3) is 0 Å². The summed E-state index contributed by atoms with van der Waals surface area (Å²) in [5.74, 6) is -4.56. The number of carbonyl (C=O) groups excluding carboxylic acids is 3. The molecular weight excluding hydrogens is 404 g/mol. The van der Waals surface area contributed by atoms with Gasteiger partial charge < -0.3 is 24.5 Å². The Balaban J connectivity index is 1.91. The van der Waals surface area contributed by atoms with Crippen molar-refractivity contribution in [3.8, 4) is 0 Å². The Hall–Kier alpha value is -1.74. The predicted octanol–water partition coefficient (Wildman–Crippen LogP) is 0.761. The van der Waals surface area contributed by atoms with E-state index in [2.05, 4.69) is 0 Å². The fourth-order valence-corrected chi connectivity index (χ4v) is 6.30. The van der Waals surface area contributed by atoms with Gasteiger partial charge in [-0.1, -0.05) is 6.92 Å². The molecule has 1 saturated heterocycles. The first-order valence-corrected chi connectivity index (χ1v) is 10.1. The normalized spacial score (nSPS) is 44.8. The van der Waals surface area contributed by atoms with Crippen molar-refractivity contribution in [3.05, 3.63) is 24.2 Å². The fourth-order valence-electron chi connectivity index (χ4n) is 5.91. The molecule has 8 nitrogen and oxygen atoms in total. The highest BCUT2D eigenvalue weighted by atomic mass is 35.5. The summed E-state index contributed by atoms with van der Waals surface area (Å²) in [4.78, 5) is 39.1. The molecule has 9 heteroatoms. The summed E-state index contributed by atoms with van der Waals surface area (Å²) in [5, 5.41) is 32.4. The first-order valence-electron chi connectivity index (χ1n) is 9.58. The molecule has 0 bridgehead atoms. The number of esters is 1. The van der Waals surface area contributed by atoms with Gasteiger partial charge in [-0.25, -0.2) is 0 Å². The number of furan rings is 1. The van der Waals surface area contributed by atoms with Crippen LogP contribution in [0.3, 0.4) is 0 Å². The van der Waals surface area contributed by atoms with Gasteiger partial charge >= 0.3 is 5.97 Å². The number of alkyl halides is 1. The Bertz CT molecular complexity index is 853. The van der Waals surface area contributed by atoms with Crippen LogP contribution in [-0.4, -0.2) is 57.0 Å². The van der Waals surface area contributed by atoms with Crippen LogP contribution < -0.4 is 0 Å². The van der Waals surface area contributed by atoms with Gasteiger partial charge in [0, 0.05) is 24.3 Å². The fraction of sp³-hybridized carbons (Fsp3) is 0.650. The summed E-state index contributed by atoms with van der Waals surface area (Å²) >= 11 is 5.95. The van der Waals surface area contributed by atoms with E-state index in [4.69, 9.17) is 20.8 Å². The Morgan fingerprint density at radius 1 is 1.31 bits per heavy atom. The van der Waals surface area contributed by atoms with Gasteiger partial charge in [-0.05, 0) is 18.4 Å². The summed E-state index contributed by atoms with van der Waals surface area (Å²) in [6, 6.07) is 1.66. The van der Waals surface area contributed by atoms with Gasteiger partial charge in [-0.2, -0.15) is 0 Å². The monoisotopic (exact) mass is 426 g/mol. The second kappa shape index (κ2) is 6.63. The van der Waals surface area contributed by atoms with Crippen LogP contribution in [0.5, 0.6) is 0 Å². The van der Waals surface area contributed by atoms with Crippen molar-refractivity contribution in [2.45, 2.75) is 44.0 Å². The van der Waals surface area contributed by atoms with Gasteiger partial charge in [-0.3, -0.25) is 14.4 Å². The Morgan fingerprint density at radius 3 is 2.62 bits per heavy atom. The molecule has 29 heavy (non-hydrogen) atoms. The molecule has 3 fully saturated rings. The maximum Gasteiger partial charge on any atom is 0.313 e. The number of cyclic esters (lactones) is 1. The highest BCUT2D eigenvalue weighted by Crippen LogP contribution is 2.66. The number of Topliss-reactive ketones (excluding diaryl/α,β-unsaturated/α-hetero) is 2. The zero-order valence-electron chi connectivity index (χ0n) is 15.8. The summed E-state index contributed by atoms with van der Waals surface area (Å²) in [6.07, 6.45) is 0.671. The molecular formula is C20H23ClO8. The third-order valence-corrected chi connectivity index (χ3v) is 7.97. The average molecular weight is 427 g/mol. The van der Waals surface area contributed by atoms with Crippen molar-refractivity contribution in [3.63, 3.8) is 0 Å². The lowest BCUT2D eigenvalue weighted by atomic mass is 9.41. The summed E-state index contributed by atoms with van der Waals surface area (Å²) < 4.78 is 10.7. The lowest BCUT2D eigenvalue weighted by Crippen LogP contribution is -2.76. The molecule has 2 heterocycles. The van der Waals surface area contributed by atoms with Crippen LogP contribution in [0.25, 0.3) is 0 Å². The zero-order chi connectivity index (χ0) is 21.2. The number of fused-ring (bicyclic) bond motifs is 2. The summed E-state index contributed by atoms with van der Waals surface area (Å²) in [6.45, 7) is 0.666. The van der Waals surface area contributed by atoms with Crippen LogP contribution >= 0.6 is 11.6 Å². The summed E-state index contributed by atoms with van der Waals surface area (Å²) in [7, 11) is 0. The van der Waals surface area contributed by atoms with Crippen molar-refractivity contribution in [2.75, 3.05) is 12.5 Å². The molecule has 1 aromatic heterocycles. The Kier molecular flexibility index (Phi) is 4.70. The third kappa shape index (κ3) is 2.28. The van der Waals surface area contributed by atoms with Crippen LogP contribution in [0.15, 0.2) is 23.0 Å². The number of ketones is 2. The maximum atomic E-state index is 13.3. The Morgan fingerprint density at radius 2 is 2.03 bits per heavy atom. The van der Waals surface area contributed by atoms with Crippen LogP contribution in [0, 0.1) is 22.7 Å². The van der Waals surface area contributed by atoms with Crippen LogP contribution in [0.1, 0.15) is 37.9 Å². The molecule has 7 unspecified atom stereocenters. The molecule has 3 aliphatic rings. The minimum atomic E-state index is -2.38. The number of hydrogen-bond acceptors (Lipinski definition) is 8. The highest BCUT2D eigenvalue weighted by molar-refractivity contribution is 6.21. The van der Waals surface area contributed by atoms with Gasteiger partial charge in [0.1, 0.15) is 12.2 Å². The molecule has 2 saturated carbocycles. The molecule has 158 valence electrons. The molecule has 7 atom stereocenters. The van der Waals surface area contributed by atoms with E-state index < -0.39 is 70.5 Å². The van der Waals surface area contributed by atoms with E-state index >= 15 is 0 Å². The second-order valence-corrected chi connectivity index (χ2v) is 8.70. The number of hydrogen-bond donors (Lipinski definition) is 3. The minimum absolute atomic E-state index is 0.0919. The SMILES string of the molecule is CC1C(O)C(=O)C2(CO)C(CCC(=O)C2(O)CCl)C12CC(c1ccoc1)OC2=O. The first-order chi connectivity index (χ1) is 13.7. The number of halogens is 1. The van der Waals surface area contributed by atoms with E-state index in [1.807, 2.05) is 0 Å². The highest BCUT2D eigenvalue weighted by Gasteiger charge is 2.77. The van der Waals surface area contributed by atoms with Gasteiger partial charge in [-0.15, -0.1) is 11.6 Å². The number of aliphatic hydroxyl groups excluding tert-OH is 2. The van der Waals surface area contributed by atoms with E-state index in [0.29, 0.717) is 5.56 Å². The first kappa shape index (κ1) is 20.5. The van der Waals surface area contributed by atoms with Gasteiger partial charge in [0.05, 0.1) is 35.8 Å². The second-order valence-electron chi connectivity index (χ2n) is 8.43. The van der Waals surface area contributed by atoms with Gasteiger partial charge in [0.15, 0.2) is 17.2 Å². The molecule has 1 spiro atoms. The lowest BCUT2D eigenvalue weighted by molar-refractivity contribution is -0.222. The molecule has 1 aliphatic heterocycles. The summed E-state index contributed by atoms with van der Waals surface area (Å²) in [5.41, 5.74) is -5.22. The predicted molar refractivity (Wildman–Crippen MR) is 97.7 cm³/mol. The van der Waals surface area contributed by atoms with E-state index in [-0.39, 0.29) is 19.3 Å². The molecule has 0 aromatic carbocycles. The standard InChI is InChI=1S/C20H23ClO8/c1-10-15(24)16(25)19(9-22)13(2-3-14(23)20(19,27)8-21)18(10)6-12(29-17(18)26)11-4-5-28-7-11/h4-5,7,10,12-13,15,22,24,27H,2-3,6,8-9H2,1H3. The molecule has 2 aliphatic carbocycles. The van der Waals surface area contributed by atoms with Crippen molar-refractivity contribution >= 4 is 29.1 Å². The topological polar surface area (TPSA) is 134 Å². The minimum Gasteiger partial charge on any atom is -0.472 e. The Labute approximate surface area is 171 Å². The molecule has 0 amide bonds. The van der Waals surface area contributed by atoms with E-state index in [1.165, 1.54) is 12.5 Å². The van der Waals surface area contributed by atoms with Crippen molar-refractivity contribution < 1.29 is 38.9 Å². The van der Waals surface area contributed by atoms with Crippen LogP contribution in [-0.2, 0) is 19.1 Å². The molecule has 0 radical (unpaired) electrons. The largest absolute Gasteiger partial charge is 0.472 e. The maximum absolute atomic E-state index is 13.3. The number of rotatable bonds is 3. The number of carbonyl (C=O) groups is 3. The van der Waals surface area contributed by atoms with Crippen molar-refractivity contribution in [2.24, 2.45) is 22.7 Å². The molecule has 1 aromatic rings. The molecule has 3 N–H and O–H groups in total.